The maximum Gasteiger partial charge on any atom is 0.142 e. The summed E-state index contributed by atoms with van der Waals surface area (Å²) >= 11 is 0. The maximum absolute atomic E-state index is 12.8. The van der Waals surface area contributed by atoms with Gasteiger partial charge in [0.2, 0.25) is 0 Å². The highest BCUT2D eigenvalue weighted by molar-refractivity contribution is 5.86. The SMILES string of the molecule is Cn1cc(-c2cnc3cnc(CC(=O)C4CCN(CC(C)(C)O)CC4)cc3c2)nn1. The highest BCUT2D eigenvalue weighted by atomic mass is 16.3. The molecule has 0 spiro atoms. The number of aliphatic hydroxyl groups is 1. The summed E-state index contributed by atoms with van der Waals surface area (Å²) in [5, 5.41) is 19.0. The van der Waals surface area contributed by atoms with Crippen molar-refractivity contribution in [3.8, 4) is 11.3 Å². The van der Waals surface area contributed by atoms with Crippen molar-refractivity contribution < 1.29 is 9.90 Å². The predicted molar refractivity (Wildman–Crippen MR) is 114 cm³/mol. The van der Waals surface area contributed by atoms with Gasteiger partial charge in [-0.25, -0.2) is 0 Å². The number of aryl methyl sites for hydroxylation is 1. The van der Waals surface area contributed by atoms with Crippen LogP contribution in [0.25, 0.3) is 22.2 Å². The Labute approximate surface area is 175 Å². The Kier molecular flexibility index (Phi) is 5.62. The molecule has 0 radical (unpaired) electrons. The molecule has 0 atom stereocenters. The van der Waals surface area contributed by atoms with Gasteiger partial charge in [-0.1, -0.05) is 5.21 Å². The van der Waals surface area contributed by atoms with Crippen molar-refractivity contribution in [2.24, 2.45) is 13.0 Å². The van der Waals surface area contributed by atoms with Crippen molar-refractivity contribution in [1.29, 1.82) is 0 Å². The number of likely N-dealkylation sites (tertiary alicyclic amines) is 1. The van der Waals surface area contributed by atoms with Gasteiger partial charge in [-0.2, -0.15) is 0 Å². The molecule has 4 heterocycles. The first-order valence-electron chi connectivity index (χ1n) is 10.4. The minimum absolute atomic E-state index is 0.0598. The Morgan fingerprint density at radius 3 is 2.63 bits per heavy atom. The topological polar surface area (TPSA) is 97.0 Å². The van der Waals surface area contributed by atoms with E-state index in [0.717, 1.165) is 53.8 Å². The molecule has 1 aliphatic heterocycles. The van der Waals surface area contributed by atoms with Crippen molar-refractivity contribution in [2.45, 2.75) is 38.7 Å². The van der Waals surface area contributed by atoms with Gasteiger partial charge in [0.15, 0.2) is 0 Å². The number of piperidine rings is 1. The molecular formula is C22H28N6O2. The molecule has 0 bridgehead atoms. The fraction of sp³-hybridized carbons (Fsp3) is 0.500. The minimum Gasteiger partial charge on any atom is -0.389 e. The number of Topliss-reactive ketones (excluding diaryl/α,β-unsaturated/α-hetero) is 1. The Balaban J connectivity index is 1.43. The second-order valence-corrected chi connectivity index (χ2v) is 8.88. The summed E-state index contributed by atoms with van der Waals surface area (Å²) in [5.74, 6) is 0.299. The van der Waals surface area contributed by atoms with Crippen LogP contribution in [-0.2, 0) is 18.3 Å². The summed E-state index contributed by atoms with van der Waals surface area (Å²) in [6.45, 7) is 5.97. The van der Waals surface area contributed by atoms with Crippen LogP contribution in [-0.4, -0.2) is 66.0 Å². The number of hydrogen-bond acceptors (Lipinski definition) is 7. The van der Waals surface area contributed by atoms with E-state index in [9.17, 15) is 9.90 Å². The van der Waals surface area contributed by atoms with Crippen LogP contribution in [0.3, 0.4) is 0 Å². The third-order valence-electron chi connectivity index (χ3n) is 5.53. The van der Waals surface area contributed by atoms with E-state index in [1.807, 2.05) is 39.2 Å². The lowest BCUT2D eigenvalue weighted by Gasteiger charge is -2.34. The number of hydrogen-bond donors (Lipinski definition) is 1. The molecule has 3 aromatic heterocycles. The molecule has 0 aromatic carbocycles. The quantitative estimate of drug-likeness (QED) is 0.666. The number of rotatable bonds is 6. The van der Waals surface area contributed by atoms with Crippen LogP contribution in [0.4, 0.5) is 0 Å². The lowest BCUT2D eigenvalue weighted by atomic mass is 9.89. The molecule has 1 fully saturated rings. The first-order chi connectivity index (χ1) is 14.3. The predicted octanol–water partition coefficient (Wildman–Crippen LogP) is 2.02. The molecule has 3 aromatic rings. The summed E-state index contributed by atoms with van der Waals surface area (Å²) in [7, 11) is 1.83. The van der Waals surface area contributed by atoms with E-state index in [1.165, 1.54) is 0 Å². The van der Waals surface area contributed by atoms with Crippen molar-refractivity contribution in [3.05, 3.63) is 36.4 Å². The van der Waals surface area contributed by atoms with Crippen LogP contribution < -0.4 is 0 Å². The van der Waals surface area contributed by atoms with E-state index in [-0.39, 0.29) is 11.7 Å². The molecule has 158 valence electrons. The van der Waals surface area contributed by atoms with Gasteiger partial charge in [-0.05, 0) is 51.9 Å². The van der Waals surface area contributed by atoms with Gasteiger partial charge < -0.3 is 10.0 Å². The number of carbonyl (C=O) groups excluding carboxylic acids is 1. The first-order valence-corrected chi connectivity index (χ1v) is 10.4. The molecule has 8 heteroatoms. The normalized spacial score (nSPS) is 16.3. The molecule has 4 rings (SSSR count). The molecular weight excluding hydrogens is 380 g/mol. The van der Waals surface area contributed by atoms with E-state index >= 15 is 0 Å². The summed E-state index contributed by atoms with van der Waals surface area (Å²) < 4.78 is 1.66. The van der Waals surface area contributed by atoms with Crippen LogP contribution >= 0.6 is 0 Å². The van der Waals surface area contributed by atoms with Crippen molar-refractivity contribution in [3.63, 3.8) is 0 Å². The minimum atomic E-state index is -0.704. The Morgan fingerprint density at radius 1 is 1.20 bits per heavy atom. The molecule has 0 amide bonds. The van der Waals surface area contributed by atoms with Gasteiger partial charge >= 0.3 is 0 Å². The van der Waals surface area contributed by atoms with E-state index < -0.39 is 5.60 Å². The van der Waals surface area contributed by atoms with Crippen molar-refractivity contribution >= 4 is 16.7 Å². The molecule has 8 nitrogen and oxygen atoms in total. The lowest BCUT2D eigenvalue weighted by molar-refractivity contribution is -0.123. The number of fused-ring (bicyclic) bond motifs is 1. The van der Waals surface area contributed by atoms with Gasteiger partial charge in [0.05, 0.1) is 23.5 Å². The van der Waals surface area contributed by atoms with E-state index in [4.69, 9.17) is 0 Å². The molecule has 0 unspecified atom stereocenters. The average molecular weight is 409 g/mol. The van der Waals surface area contributed by atoms with Gasteiger partial charge in [0.25, 0.3) is 0 Å². The van der Waals surface area contributed by atoms with Gasteiger partial charge in [-0.3, -0.25) is 19.4 Å². The average Bonchev–Trinajstić information content (AvgIpc) is 3.13. The fourth-order valence-electron chi connectivity index (χ4n) is 4.08. The zero-order valence-corrected chi connectivity index (χ0v) is 17.7. The summed E-state index contributed by atoms with van der Waals surface area (Å²) in [5.41, 5.74) is 2.50. The first kappa shape index (κ1) is 20.6. The smallest absolute Gasteiger partial charge is 0.142 e. The van der Waals surface area contributed by atoms with Crippen LogP contribution in [0.2, 0.25) is 0 Å². The lowest BCUT2D eigenvalue weighted by Crippen LogP contribution is -2.44. The summed E-state index contributed by atoms with van der Waals surface area (Å²) in [6, 6.07) is 3.96. The number of aromatic nitrogens is 5. The molecule has 1 aliphatic rings. The van der Waals surface area contributed by atoms with Crippen LogP contribution in [0, 0.1) is 5.92 Å². The van der Waals surface area contributed by atoms with E-state index in [0.29, 0.717) is 13.0 Å². The highest BCUT2D eigenvalue weighted by Crippen LogP contribution is 2.23. The second kappa shape index (κ2) is 8.20. The maximum atomic E-state index is 12.8. The molecule has 0 aliphatic carbocycles. The molecule has 1 N–H and O–H groups in total. The van der Waals surface area contributed by atoms with Gasteiger partial charge in [0.1, 0.15) is 11.5 Å². The second-order valence-electron chi connectivity index (χ2n) is 8.88. The standard InChI is InChI=1S/C22H28N6O2/c1-22(2,30)14-28-6-4-15(5-7-28)21(29)10-18-9-16-8-17(11-24-19(16)12-23-18)20-13-27(3)26-25-20/h8-9,11-13,15,30H,4-7,10,14H2,1-3H3. The van der Waals surface area contributed by atoms with Crippen molar-refractivity contribution in [1.82, 2.24) is 29.9 Å². The van der Waals surface area contributed by atoms with Gasteiger partial charge in [0, 0.05) is 48.8 Å². The zero-order chi connectivity index (χ0) is 21.3. The largest absolute Gasteiger partial charge is 0.389 e. The molecule has 0 saturated carbocycles. The molecule has 30 heavy (non-hydrogen) atoms. The van der Waals surface area contributed by atoms with E-state index in [2.05, 4.69) is 25.2 Å². The highest BCUT2D eigenvalue weighted by Gasteiger charge is 2.27. The van der Waals surface area contributed by atoms with Crippen LogP contribution in [0.5, 0.6) is 0 Å². The van der Waals surface area contributed by atoms with Gasteiger partial charge in [-0.15, -0.1) is 5.10 Å². The van der Waals surface area contributed by atoms with Crippen LogP contribution in [0.1, 0.15) is 32.4 Å². The Morgan fingerprint density at radius 2 is 1.97 bits per heavy atom. The monoisotopic (exact) mass is 408 g/mol. The van der Waals surface area contributed by atoms with E-state index in [1.54, 1.807) is 17.1 Å². The number of β-amino-alcohol motifs (C(OH)–C–C–N with tert-alkyl or cyclic N) is 1. The Bertz CT molecular complexity index is 1050. The molecule has 1 saturated heterocycles. The third-order valence-corrected chi connectivity index (χ3v) is 5.53. The number of nitrogens with zero attached hydrogens (tertiary/aromatic N) is 6. The number of carbonyl (C=O) groups is 1. The van der Waals surface area contributed by atoms with Crippen LogP contribution in [0.15, 0.2) is 30.7 Å². The number of pyridine rings is 2. The Hall–Kier alpha value is -2.71. The summed E-state index contributed by atoms with van der Waals surface area (Å²) in [4.78, 5) is 24.0. The zero-order valence-electron chi connectivity index (χ0n) is 17.7. The number of ketones is 1. The van der Waals surface area contributed by atoms with Crippen molar-refractivity contribution in [2.75, 3.05) is 19.6 Å². The fourth-order valence-corrected chi connectivity index (χ4v) is 4.08. The summed E-state index contributed by atoms with van der Waals surface area (Å²) in [6.07, 6.45) is 7.34. The third kappa shape index (κ3) is 4.88.